The molecule has 1 aromatic heterocycles. The van der Waals surface area contributed by atoms with E-state index in [4.69, 9.17) is 0 Å². The highest BCUT2D eigenvalue weighted by molar-refractivity contribution is 5.79. The molecule has 2 saturated heterocycles. The lowest BCUT2D eigenvalue weighted by Gasteiger charge is -2.42. The molecule has 4 rings (SSSR count). The molecule has 1 atom stereocenters. The molecular weight excluding hydrogens is 312 g/mol. The monoisotopic (exact) mass is 342 g/mol. The van der Waals surface area contributed by atoms with Gasteiger partial charge in [0.25, 0.3) is 0 Å². The zero-order chi connectivity index (χ0) is 17.1. The van der Waals surface area contributed by atoms with E-state index in [0.717, 1.165) is 32.6 Å². The maximum Gasteiger partial charge on any atom is 0.224 e. The van der Waals surface area contributed by atoms with Gasteiger partial charge in [0, 0.05) is 37.6 Å². The Balaban J connectivity index is 1.24. The van der Waals surface area contributed by atoms with Crippen LogP contribution in [0.25, 0.3) is 0 Å². The number of nitrogens with zero attached hydrogens (tertiary/aromatic N) is 3. The fourth-order valence-electron chi connectivity index (χ4n) is 4.29. The van der Waals surface area contributed by atoms with Crippen LogP contribution in [0.3, 0.4) is 0 Å². The molecular formula is C20H30N4O. The number of hydrogen-bond donors (Lipinski definition) is 1. The molecule has 1 aliphatic carbocycles. The molecule has 5 heteroatoms. The zero-order valence-corrected chi connectivity index (χ0v) is 15.1. The number of hydrogen-bond acceptors (Lipinski definition) is 4. The van der Waals surface area contributed by atoms with E-state index in [2.05, 4.69) is 32.2 Å². The van der Waals surface area contributed by atoms with Crippen LogP contribution in [0.15, 0.2) is 24.5 Å². The highest BCUT2D eigenvalue weighted by atomic mass is 16.2. The second-order valence-corrected chi connectivity index (χ2v) is 7.98. The number of aromatic nitrogens is 1. The molecule has 0 spiro atoms. The molecule has 0 aromatic carbocycles. The first-order chi connectivity index (χ1) is 12.3. The van der Waals surface area contributed by atoms with Crippen molar-refractivity contribution in [3.8, 4) is 0 Å². The number of pyridine rings is 1. The van der Waals surface area contributed by atoms with Gasteiger partial charge in [-0.05, 0) is 75.9 Å². The van der Waals surface area contributed by atoms with Crippen molar-refractivity contribution in [2.75, 3.05) is 26.2 Å². The lowest BCUT2D eigenvalue weighted by molar-refractivity contribution is -0.127. The van der Waals surface area contributed by atoms with Gasteiger partial charge in [-0.25, -0.2) is 0 Å². The smallest absolute Gasteiger partial charge is 0.224 e. The van der Waals surface area contributed by atoms with Crippen LogP contribution in [-0.4, -0.2) is 59.0 Å². The second-order valence-electron chi connectivity index (χ2n) is 7.98. The predicted molar refractivity (Wildman–Crippen MR) is 98.0 cm³/mol. The zero-order valence-electron chi connectivity index (χ0n) is 15.1. The fraction of sp³-hybridized carbons (Fsp3) is 0.700. The molecule has 5 nitrogen and oxygen atoms in total. The van der Waals surface area contributed by atoms with Gasteiger partial charge in [0.15, 0.2) is 0 Å². The summed E-state index contributed by atoms with van der Waals surface area (Å²) in [6.45, 7) is 5.47. The van der Waals surface area contributed by atoms with Crippen LogP contribution in [0.2, 0.25) is 0 Å². The van der Waals surface area contributed by atoms with Gasteiger partial charge in [0.2, 0.25) is 5.91 Å². The molecule has 3 fully saturated rings. The molecule has 3 aliphatic rings. The summed E-state index contributed by atoms with van der Waals surface area (Å²) in [6.07, 6.45) is 10.8. The minimum absolute atomic E-state index is 0.212. The van der Waals surface area contributed by atoms with Crippen LogP contribution in [0, 0.1) is 5.92 Å². The largest absolute Gasteiger partial charge is 0.353 e. The van der Waals surface area contributed by atoms with E-state index in [1.165, 1.54) is 44.2 Å². The van der Waals surface area contributed by atoms with Crippen LogP contribution in [-0.2, 0) is 11.3 Å². The van der Waals surface area contributed by atoms with Crippen molar-refractivity contribution in [3.05, 3.63) is 30.1 Å². The summed E-state index contributed by atoms with van der Waals surface area (Å²) < 4.78 is 0. The van der Waals surface area contributed by atoms with Crippen molar-refractivity contribution in [2.45, 2.75) is 57.2 Å². The molecule has 0 bridgehead atoms. The minimum atomic E-state index is 0.212. The maximum absolute atomic E-state index is 12.4. The number of amides is 1. The van der Waals surface area contributed by atoms with E-state index < -0.39 is 0 Å². The average Bonchev–Trinajstić information content (AvgIpc) is 3.47. The van der Waals surface area contributed by atoms with Crippen LogP contribution >= 0.6 is 0 Å². The van der Waals surface area contributed by atoms with E-state index in [9.17, 15) is 4.79 Å². The van der Waals surface area contributed by atoms with Gasteiger partial charge < -0.3 is 5.32 Å². The van der Waals surface area contributed by atoms with Crippen LogP contribution in [0.4, 0.5) is 0 Å². The summed E-state index contributed by atoms with van der Waals surface area (Å²) in [5.41, 5.74) is 1.35. The number of carbonyl (C=O) groups excluding carboxylic acids is 1. The quantitative estimate of drug-likeness (QED) is 0.890. The third-order valence-electron chi connectivity index (χ3n) is 5.98. The second kappa shape index (κ2) is 7.83. The van der Waals surface area contributed by atoms with Crippen molar-refractivity contribution in [1.29, 1.82) is 0 Å². The Morgan fingerprint density at radius 2 is 1.84 bits per heavy atom. The number of likely N-dealkylation sites (tertiary alicyclic amines) is 2. The SMILES string of the molecule is O=C(NC1CC1)[C@H]1CCCN(C2CCN(Cc3ccncc3)CC2)C1. The average molecular weight is 342 g/mol. The van der Waals surface area contributed by atoms with Crippen LogP contribution < -0.4 is 5.32 Å². The van der Waals surface area contributed by atoms with E-state index >= 15 is 0 Å². The van der Waals surface area contributed by atoms with Crippen LogP contribution in [0.1, 0.15) is 44.1 Å². The fourth-order valence-corrected chi connectivity index (χ4v) is 4.29. The van der Waals surface area contributed by atoms with E-state index in [0.29, 0.717) is 18.0 Å². The Kier molecular flexibility index (Phi) is 5.32. The summed E-state index contributed by atoms with van der Waals surface area (Å²) >= 11 is 0. The first-order valence-corrected chi connectivity index (χ1v) is 9.93. The summed E-state index contributed by atoms with van der Waals surface area (Å²) in [6, 6.07) is 5.36. The van der Waals surface area contributed by atoms with E-state index in [-0.39, 0.29) is 5.92 Å². The first kappa shape index (κ1) is 17.0. The molecule has 1 N–H and O–H groups in total. The highest BCUT2D eigenvalue weighted by Crippen LogP contribution is 2.26. The van der Waals surface area contributed by atoms with Gasteiger partial charge >= 0.3 is 0 Å². The van der Waals surface area contributed by atoms with Crippen molar-refractivity contribution < 1.29 is 4.79 Å². The number of nitrogens with one attached hydrogen (secondary N) is 1. The van der Waals surface area contributed by atoms with Gasteiger partial charge in [-0.15, -0.1) is 0 Å². The molecule has 25 heavy (non-hydrogen) atoms. The molecule has 0 radical (unpaired) electrons. The summed E-state index contributed by atoms with van der Waals surface area (Å²) in [5.74, 6) is 0.520. The van der Waals surface area contributed by atoms with Gasteiger partial charge in [-0.3, -0.25) is 19.6 Å². The number of rotatable bonds is 5. The Labute approximate surface area is 150 Å². The summed E-state index contributed by atoms with van der Waals surface area (Å²) in [5, 5.41) is 3.20. The van der Waals surface area contributed by atoms with E-state index in [1.54, 1.807) is 0 Å². The Morgan fingerprint density at radius 1 is 1.08 bits per heavy atom. The lowest BCUT2D eigenvalue weighted by Crippen LogP contribution is -2.50. The minimum Gasteiger partial charge on any atom is -0.353 e. The van der Waals surface area contributed by atoms with Crippen molar-refractivity contribution in [1.82, 2.24) is 20.1 Å². The first-order valence-electron chi connectivity index (χ1n) is 9.93. The van der Waals surface area contributed by atoms with Crippen molar-refractivity contribution >= 4 is 5.91 Å². The van der Waals surface area contributed by atoms with Gasteiger partial charge in [0.05, 0.1) is 5.92 Å². The predicted octanol–water partition coefficient (Wildman–Crippen LogP) is 2.04. The van der Waals surface area contributed by atoms with Crippen LogP contribution in [0.5, 0.6) is 0 Å². The summed E-state index contributed by atoms with van der Waals surface area (Å²) in [7, 11) is 0. The number of carbonyl (C=O) groups is 1. The highest BCUT2D eigenvalue weighted by Gasteiger charge is 2.33. The normalized spacial score (nSPS) is 26.5. The number of piperidine rings is 2. The lowest BCUT2D eigenvalue weighted by atomic mass is 9.93. The Bertz CT molecular complexity index is 566. The molecule has 2 aliphatic heterocycles. The Hall–Kier alpha value is -1.46. The topological polar surface area (TPSA) is 48.5 Å². The molecule has 1 amide bonds. The summed E-state index contributed by atoms with van der Waals surface area (Å²) in [4.78, 5) is 21.6. The molecule has 136 valence electrons. The molecule has 1 saturated carbocycles. The molecule has 1 aromatic rings. The van der Waals surface area contributed by atoms with Crippen molar-refractivity contribution in [3.63, 3.8) is 0 Å². The molecule has 0 unspecified atom stereocenters. The Morgan fingerprint density at radius 3 is 2.56 bits per heavy atom. The maximum atomic E-state index is 12.4. The van der Waals surface area contributed by atoms with Gasteiger partial charge in [-0.1, -0.05) is 0 Å². The standard InChI is InChI=1S/C20H30N4O/c25-20(22-18-3-4-18)17-2-1-11-24(15-17)19-7-12-23(13-8-19)14-16-5-9-21-10-6-16/h5-6,9-10,17-19H,1-4,7-8,11-15H2,(H,22,25)/t17-/m0/s1. The third kappa shape index (κ3) is 4.59. The van der Waals surface area contributed by atoms with Gasteiger partial charge in [-0.2, -0.15) is 0 Å². The van der Waals surface area contributed by atoms with E-state index in [1.807, 2.05) is 12.4 Å². The molecule has 3 heterocycles. The van der Waals surface area contributed by atoms with Crippen molar-refractivity contribution in [2.24, 2.45) is 5.92 Å². The third-order valence-corrected chi connectivity index (χ3v) is 5.98. The van der Waals surface area contributed by atoms with Gasteiger partial charge in [0.1, 0.15) is 0 Å².